The van der Waals surface area contributed by atoms with Crippen LogP contribution in [-0.2, 0) is 19.9 Å². The Balaban J connectivity index is 2.20. The zero-order chi connectivity index (χ0) is 14.0. The minimum Gasteiger partial charge on any atom is -0.388 e. The number of pyridine rings is 1. The number of aliphatic hydroxyl groups excluding tert-OH is 1. The fraction of sp³-hybridized carbons (Fsp3) is 0.467. The summed E-state index contributed by atoms with van der Waals surface area (Å²) in [6.07, 6.45) is 0.976. The highest BCUT2D eigenvalue weighted by molar-refractivity contribution is 5.24. The molecule has 1 atom stereocenters. The summed E-state index contributed by atoms with van der Waals surface area (Å²) < 4.78 is 1.85. The lowest BCUT2D eigenvalue weighted by molar-refractivity contribution is 0.175. The van der Waals surface area contributed by atoms with Gasteiger partial charge < -0.3 is 5.11 Å². The van der Waals surface area contributed by atoms with E-state index in [9.17, 15) is 5.11 Å². The standard InChI is InChI=1S/C15H21N3O/c1-5-13-8-14(18(4)17-13)9-15(19)12-6-10(2)16-11(3)7-12/h6-8,15,19H,5,9H2,1-4H3. The van der Waals surface area contributed by atoms with Crippen LogP contribution in [0.25, 0.3) is 0 Å². The van der Waals surface area contributed by atoms with Crippen molar-refractivity contribution in [2.24, 2.45) is 7.05 Å². The first-order valence-electron chi connectivity index (χ1n) is 6.64. The topological polar surface area (TPSA) is 50.9 Å². The summed E-state index contributed by atoms with van der Waals surface area (Å²) in [5.74, 6) is 0. The maximum atomic E-state index is 10.4. The quantitative estimate of drug-likeness (QED) is 0.916. The molecule has 4 heteroatoms. The van der Waals surface area contributed by atoms with E-state index in [0.717, 1.165) is 34.8 Å². The van der Waals surface area contributed by atoms with E-state index < -0.39 is 6.10 Å². The summed E-state index contributed by atoms with van der Waals surface area (Å²) in [5, 5.41) is 14.8. The highest BCUT2D eigenvalue weighted by atomic mass is 16.3. The summed E-state index contributed by atoms with van der Waals surface area (Å²) in [7, 11) is 1.92. The first-order chi connectivity index (χ1) is 8.99. The van der Waals surface area contributed by atoms with Crippen LogP contribution in [0.3, 0.4) is 0 Å². The van der Waals surface area contributed by atoms with Crippen molar-refractivity contribution in [2.45, 2.75) is 39.7 Å². The number of rotatable bonds is 4. The molecule has 0 spiro atoms. The molecule has 0 aliphatic rings. The molecule has 0 saturated heterocycles. The van der Waals surface area contributed by atoms with Crippen LogP contribution in [0.1, 0.15) is 41.4 Å². The Kier molecular flexibility index (Phi) is 4.00. The van der Waals surface area contributed by atoms with Crippen LogP contribution in [-0.4, -0.2) is 19.9 Å². The molecule has 2 heterocycles. The van der Waals surface area contributed by atoms with Gasteiger partial charge in [-0.2, -0.15) is 5.10 Å². The van der Waals surface area contributed by atoms with Crippen LogP contribution < -0.4 is 0 Å². The van der Waals surface area contributed by atoms with E-state index in [2.05, 4.69) is 23.1 Å². The molecule has 0 saturated carbocycles. The normalized spacial score (nSPS) is 12.7. The first-order valence-corrected chi connectivity index (χ1v) is 6.64. The third kappa shape index (κ3) is 3.20. The van der Waals surface area contributed by atoms with Crippen LogP contribution >= 0.6 is 0 Å². The highest BCUT2D eigenvalue weighted by Crippen LogP contribution is 2.20. The van der Waals surface area contributed by atoms with Gasteiger partial charge in [-0.25, -0.2) is 0 Å². The number of aromatic nitrogens is 3. The average molecular weight is 259 g/mol. The summed E-state index contributed by atoms with van der Waals surface area (Å²) in [6.45, 7) is 5.98. The van der Waals surface area contributed by atoms with E-state index in [-0.39, 0.29) is 0 Å². The van der Waals surface area contributed by atoms with Gasteiger partial charge in [0.05, 0.1) is 11.8 Å². The maximum absolute atomic E-state index is 10.4. The Morgan fingerprint density at radius 1 is 1.21 bits per heavy atom. The zero-order valence-electron chi connectivity index (χ0n) is 12.0. The number of aliphatic hydroxyl groups is 1. The molecule has 0 amide bonds. The minimum absolute atomic E-state index is 0.513. The molecular weight excluding hydrogens is 238 g/mol. The number of hydrogen-bond donors (Lipinski definition) is 1. The maximum Gasteiger partial charge on any atom is 0.0846 e. The predicted molar refractivity (Wildman–Crippen MR) is 75.0 cm³/mol. The van der Waals surface area contributed by atoms with Crippen LogP contribution in [0.2, 0.25) is 0 Å². The largest absolute Gasteiger partial charge is 0.388 e. The van der Waals surface area contributed by atoms with Gasteiger partial charge in [0, 0.05) is 30.6 Å². The van der Waals surface area contributed by atoms with E-state index in [4.69, 9.17) is 0 Å². The van der Waals surface area contributed by atoms with Crippen LogP contribution in [0.4, 0.5) is 0 Å². The summed E-state index contributed by atoms with van der Waals surface area (Å²) >= 11 is 0. The van der Waals surface area contributed by atoms with Gasteiger partial charge in [-0.05, 0) is 44.0 Å². The molecule has 1 N–H and O–H groups in total. The van der Waals surface area contributed by atoms with Crippen molar-refractivity contribution < 1.29 is 5.11 Å². The zero-order valence-corrected chi connectivity index (χ0v) is 12.0. The molecule has 2 aromatic rings. The third-order valence-corrected chi connectivity index (χ3v) is 3.28. The molecule has 19 heavy (non-hydrogen) atoms. The fourth-order valence-corrected chi connectivity index (χ4v) is 2.31. The van der Waals surface area contributed by atoms with Gasteiger partial charge >= 0.3 is 0 Å². The van der Waals surface area contributed by atoms with Gasteiger partial charge in [0.1, 0.15) is 0 Å². The van der Waals surface area contributed by atoms with Gasteiger partial charge in [-0.15, -0.1) is 0 Å². The lowest BCUT2D eigenvalue weighted by Gasteiger charge is -2.12. The van der Waals surface area contributed by atoms with Gasteiger partial charge in [0.2, 0.25) is 0 Å². The van der Waals surface area contributed by atoms with Crippen molar-refractivity contribution in [3.8, 4) is 0 Å². The van der Waals surface area contributed by atoms with E-state index in [0.29, 0.717) is 6.42 Å². The lowest BCUT2D eigenvalue weighted by atomic mass is 10.0. The Hall–Kier alpha value is -1.68. The molecule has 0 aliphatic heterocycles. The van der Waals surface area contributed by atoms with E-state index in [1.54, 1.807) is 0 Å². The van der Waals surface area contributed by atoms with Gasteiger partial charge in [0.15, 0.2) is 0 Å². The van der Waals surface area contributed by atoms with Crippen LogP contribution in [0.5, 0.6) is 0 Å². The second-order valence-electron chi connectivity index (χ2n) is 5.01. The minimum atomic E-state index is -0.513. The highest BCUT2D eigenvalue weighted by Gasteiger charge is 2.13. The van der Waals surface area contributed by atoms with E-state index in [1.165, 1.54) is 0 Å². The molecule has 4 nitrogen and oxygen atoms in total. The molecule has 0 fully saturated rings. The second kappa shape index (κ2) is 5.53. The molecule has 2 aromatic heterocycles. The fourth-order valence-electron chi connectivity index (χ4n) is 2.31. The molecule has 0 aliphatic carbocycles. The van der Waals surface area contributed by atoms with E-state index in [1.807, 2.05) is 37.7 Å². The van der Waals surface area contributed by atoms with Crippen LogP contribution in [0, 0.1) is 13.8 Å². The van der Waals surface area contributed by atoms with Gasteiger partial charge in [0.25, 0.3) is 0 Å². The molecule has 1 unspecified atom stereocenters. The molecule has 0 radical (unpaired) electrons. The number of hydrogen-bond acceptors (Lipinski definition) is 3. The number of aryl methyl sites for hydroxylation is 4. The summed E-state index contributed by atoms with van der Waals surface area (Å²) in [5.41, 5.74) is 4.91. The van der Waals surface area contributed by atoms with Gasteiger partial charge in [-0.1, -0.05) is 6.92 Å². The molecule has 0 bridgehead atoms. The molecule has 0 aromatic carbocycles. The van der Waals surface area contributed by atoms with Gasteiger partial charge in [-0.3, -0.25) is 9.67 Å². The van der Waals surface area contributed by atoms with Crippen molar-refractivity contribution in [2.75, 3.05) is 0 Å². The SMILES string of the molecule is CCc1cc(CC(O)c2cc(C)nc(C)c2)n(C)n1. The summed E-state index contributed by atoms with van der Waals surface area (Å²) in [4.78, 5) is 4.33. The third-order valence-electron chi connectivity index (χ3n) is 3.28. The van der Waals surface area contributed by atoms with Crippen LogP contribution in [0.15, 0.2) is 18.2 Å². The Morgan fingerprint density at radius 3 is 2.37 bits per heavy atom. The van der Waals surface area contributed by atoms with Crippen molar-refractivity contribution in [3.05, 3.63) is 46.5 Å². The molecule has 102 valence electrons. The van der Waals surface area contributed by atoms with Crippen molar-refractivity contribution in [1.29, 1.82) is 0 Å². The second-order valence-corrected chi connectivity index (χ2v) is 5.01. The summed E-state index contributed by atoms with van der Waals surface area (Å²) in [6, 6.07) is 5.94. The van der Waals surface area contributed by atoms with E-state index >= 15 is 0 Å². The smallest absolute Gasteiger partial charge is 0.0846 e. The molecular formula is C15H21N3O. The van der Waals surface area contributed by atoms with Crippen molar-refractivity contribution in [1.82, 2.24) is 14.8 Å². The Morgan fingerprint density at radius 2 is 1.84 bits per heavy atom. The Labute approximate surface area is 114 Å². The van der Waals surface area contributed by atoms with Crippen molar-refractivity contribution in [3.63, 3.8) is 0 Å². The predicted octanol–water partition coefficient (Wildman–Crippen LogP) is 2.27. The average Bonchev–Trinajstić information content (AvgIpc) is 2.69. The first kappa shape index (κ1) is 13.7. The Bertz CT molecular complexity index is 555. The monoisotopic (exact) mass is 259 g/mol. The van der Waals surface area contributed by atoms with Crippen molar-refractivity contribution >= 4 is 0 Å². The number of nitrogens with zero attached hydrogens (tertiary/aromatic N) is 3. The molecule has 2 rings (SSSR count). The lowest BCUT2D eigenvalue weighted by Crippen LogP contribution is -2.07.